The zero-order chi connectivity index (χ0) is 15.9. The van der Waals surface area contributed by atoms with Gasteiger partial charge in [-0.2, -0.15) is 0 Å². The van der Waals surface area contributed by atoms with Crippen LogP contribution in [0.4, 0.5) is 0 Å². The summed E-state index contributed by atoms with van der Waals surface area (Å²) in [5.41, 5.74) is 8.30. The number of nitrogens with two attached hydrogens (primary N) is 1. The molecule has 6 nitrogen and oxygen atoms in total. The topological polar surface area (TPSA) is 97.2 Å². The van der Waals surface area contributed by atoms with Crippen LogP contribution < -0.4 is 21.3 Å². The number of rotatable bonds is 3. The molecule has 0 fully saturated rings. The summed E-state index contributed by atoms with van der Waals surface area (Å²) < 4.78 is 5.97. The van der Waals surface area contributed by atoms with E-state index in [1.807, 2.05) is 13.0 Å². The fourth-order valence-electron chi connectivity index (χ4n) is 2.78. The highest BCUT2D eigenvalue weighted by atomic mass is 35.5. The highest BCUT2D eigenvalue weighted by Gasteiger charge is 2.26. The molecule has 3 rings (SSSR count). The molecule has 2 atom stereocenters. The van der Waals surface area contributed by atoms with E-state index in [1.165, 1.54) is 6.07 Å². The number of pyridine rings is 1. The van der Waals surface area contributed by atoms with Crippen LogP contribution >= 0.6 is 12.4 Å². The number of aromatic amines is 1. The molecule has 0 saturated carbocycles. The fourth-order valence-corrected chi connectivity index (χ4v) is 2.78. The van der Waals surface area contributed by atoms with Crippen LogP contribution in [0, 0.1) is 6.92 Å². The number of hydrogen-bond donors (Lipinski definition) is 3. The number of hydrogen-bond acceptors (Lipinski definition) is 4. The third-order valence-electron chi connectivity index (χ3n) is 3.89. The van der Waals surface area contributed by atoms with Crippen molar-refractivity contribution in [2.75, 3.05) is 6.54 Å². The Kier molecular flexibility index (Phi) is 4.97. The van der Waals surface area contributed by atoms with E-state index in [4.69, 9.17) is 10.5 Å². The Morgan fingerprint density at radius 1 is 1.52 bits per heavy atom. The molecule has 23 heavy (non-hydrogen) atoms. The Labute approximate surface area is 139 Å². The van der Waals surface area contributed by atoms with Crippen LogP contribution in [0.15, 0.2) is 23.0 Å². The predicted molar refractivity (Wildman–Crippen MR) is 91.3 cm³/mol. The van der Waals surface area contributed by atoms with Gasteiger partial charge in [-0.25, -0.2) is 0 Å². The van der Waals surface area contributed by atoms with Gasteiger partial charge in [0.25, 0.3) is 0 Å². The fraction of sp³-hybridized carbons (Fsp3) is 0.375. The second kappa shape index (κ2) is 6.60. The standard InChI is InChI=1S/C16H19N3O3.ClH/c1-8-5-10-6-11(7-18-16(21)9(2)17)22-15(10)12-3-4-13(20)19-14(8)12;/h3-5,9,11H,6-7,17H2,1-2H3,(H,18,21)(H,19,20);1H/t9-,11?;/m0./s1. The average molecular weight is 338 g/mol. The second-order valence-electron chi connectivity index (χ2n) is 5.77. The summed E-state index contributed by atoms with van der Waals surface area (Å²) in [7, 11) is 0. The van der Waals surface area contributed by atoms with E-state index in [9.17, 15) is 9.59 Å². The van der Waals surface area contributed by atoms with Gasteiger partial charge in [0.1, 0.15) is 11.9 Å². The smallest absolute Gasteiger partial charge is 0.248 e. The van der Waals surface area contributed by atoms with Gasteiger partial charge in [-0.15, -0.1) is 12.4 Å². The van der Waals surface area contributed by atoms with Gasteiger partial charge in [0, 0.05) is 17.9 Å². The summed E-state index contributed by atoms with van der Waals surface area (Å²) in [6.45, 7) is 4.02. The van der Waals surface area contributed by atoms with E-state index in [-0.39, 0.29) is 30.0 Å². The van der Waals surface area contributed by atoms with Gasteiger partial charge < -0.3 is 20.8 Å². The van der Waals surface area contributed by atoms with E-state index in [0.29, 0.717) is 6.54 Å². The second-order valence-corrected chi connectivity index (χ2v) is 5.77. The van der Waals surface area contributed by atoms with Crippen LogP contribution in [0.3, 0.4) is 0 Å². The monoisotopic (exact) mass is 337 g/mol. The van der Waals surface area contributed by atoms with Crippen molar-refractivity contribution in [3.63, 3.8) is 0 Å². The van der Waals surface area contributed by atoms with E-state index in [0.717, 1.165) is 34.2 Å². The molecule has 4 N–H and O–H groups in total. The van der Waals surface area contributed by atoms with Crippen molar-refractivity contribution >= 4 is 29.2 Å². The number of carbonyl (C=O) groups excluding carboxylic acids is 1. The largest absolute Gasteiger partial charge is 0.487 e. The number of fused-ring (bicyclic) bond motifs is 3. The summed E-state index contributed by atoms with van der Waals surface area (Å²) in [5.74, 6) is 0.599. The maximum Gasteiger partial charge on any atom is 0.248 e. The molecule has 0 spiro atoms. The van der Waals surface area contributed by atoms with Crippen molar-refractivity contribution in [1.29, 1.82) is 0 Å². The van der Waals surface area contributed by atoms with Crippen molar-refractivity contribution in [1.82, 2.24) is 10.3 Å². The number of H-pyrrole nitrogens is 1. The first-order valence-corrected chi connectivity index (χ1v) is 7.31. The first kappa shape index (κ1) is 17.3. The molecule has 2 heterocycles. The molecule has 1 amide bonds. The van der Waals surface area contributed by atoms with Gasteiger partial charge in [-0.1, -0.05) is 6.07 Å². The first-order chi connectivity index (χ1) is 10.5. The summed E-state index contributed by atoms with van der Waals surface area (Å²) in [4.78, 5) is 25.9. The SMILES string of the molecule is Cc1cc2c(c3ccc(=O)[nH]c13)OC(CNC(=O)[C@H](C)N)C2.Cl. The third-order valence-corrected chi connectivity index (χ3v) is 3.89. The minimum atomic E-state index is -0.531. The lowest BCUT2D eigenvalue weighted by Gasteiger charge is -2.13. The quantitative estimate of drug-likeness (QED) is 0.779. The molecule has 0 aliphatic carbocycles. The van der Waals surface area contributed by atoms with E-state index in [1.54, 1.807) is 13.0 Å². The van der Waals surface area contributed by atoms with Crippen LogP contribution in [-0.2, 0) is 11.2 Å². The lowest BCUT2D eigenvalue weighted by Crippen LogP contribution is -2.42. The number of benzene rings is 1. The Morgan fingerprint density at radius 2 is 2.26 bits per heavy atom. The number of aryl methyl sites for hydroxylation is 1. The van der Waals surface area contributed by atoms with Crippen LogP contribution in [0.25, 0.3) is 10.9 Å². The molecule has 1 aromatic heterocycles. The van der Waals surface area contributed by atoms with Crippen molar-refractivity contribution in [3.05, 3.63) is 39.7 Å². The Morgan fingerprint density at radius 3 is 2.96 bits per heavy atom. The van der Waals surface area contributed by atoms with Crippen molar-refractivity contribution < 1.29 is 9.53 Å². The minimum absolute atomic E-state index is 0. The predicted octanol–water partition coefficient (Wildman–Crippen LogP) is 1.03. The number of amides is 1. The molecule has 1 aromatic carbocycles. The van der Waals surface area contributed by atoms with Gasteiger partial charge in [-0.05, 0) is 31.0 Å². The first-order valence-electron chi connectivity index (χ1n) is 7.31. The zero-order valence-corrected chi connectivity index (χ0v) is 13.8. The maximum absolute atomic E-state index is 11.5. The Bertz CT molecular complexity index is 801. The lowest BCUT2D eigenvalue weighted by molar-refractivity contribution is -0.122. The molecule has 1 unspecified atom stereocenters. The van der Waals surface area contributed by atoms with Crippen LogP contribution in [0.1, 0.15) is 18.1 Å². The molecular weight excluding hydrogens is 318 g/mol. The van der Waals surface area contributed by atoms with Crippen LogP contribution in [0.2, 0.25) is 0 Å². The van der Waals surface area contributed by atoms with Crippen LogP contribution in [-0.4, -0.2) is 29.6 Å². The molecule has 0 saturated heterocycles. The number of ether oxygens (including phenoxy) is 1. The van der Waals surface area contributed by atoms with Crippen molar-refractivity contribution in [2.24, 2.45) is 5.73 Å². The summed E-state index contributed by atoms with van der Waals surface area (Å²) in [5, 5.41) is 3.68. The molecule has 7 heteroatoms. The van der Waals surface area contributed by atoms with E-state index in [2.05, 4.69) is 10.3 Å². The van der Waals surface area contributed by atoms with Crippen molar-refractivity contribution in [2.45, 2.75) is 32.4 Å². The number of aromatic nitrogens is 1. The molecule has 0 bridgehead atoms. The molecule has 1 aliphatic rings. The molecule has 2 aromatic rings. The molecule has 0 radical (unpaired) electrons. The highest BCUT2D eigenvalue weighted by molar-refractivity contribution is 5.89. The van der Waals surface area contributed by atoms with Crippen LogP contribution in [0.5, 0.6) is 5.75 Å². The van der Waals surface area contributed by atoms with Gasteiger partial charge >= 0.3 is 0 Å². The van der Waals surface area contributed by atoms with E-state index >= 15 is 0 Å². The zero-order valence-electron chi connectivity index (χ0n) is 13.0. The van der Waals surface area contributed by atoms with Gasteiger partial charge in [0.05, 0.1) is 18.1 Å². The normalized spacial score (nSPS) is 17.1. The Hall–Kier alpha value is -2.05. The summed E-state index contributed by atoms with van der Waals surface area (Å²) in [6.07, 6.45) is 0.611. The average Bonchev–Trinajstić information content (AvgIpc) is 2.87. The number of carbonyl (C=O) groups is 1. The molecule has 1 aliphatic heterocycles. The summed E-state index contributed by atoms with van der Waals surface area (Å²) >= 11 is 0. The molecular formula is C16H20ClN3O3. The molecule has 124 valence electrons. The number of nitrogens with one attached hydrogen (secondary N) is 2. The minimum Gasteiger partial charge on any atom is -0.487 e. The third kappa shape index (κ3) is 3.33. The van der Waals surface area contributed by atoms with Gasteiger partial charge in [0.15, 0.2) is 0 Å². The van der Waals surface area contributed by atoms with Gasteiger partial charge in [0.2, 0.25) is 11.5 Å². The number of halogens is 1. The summed E-state index contributed by atoms with van der Waals surface area (Å²) in [6, 6.07) is 4.78. The van der Waals surface area contributed by atoms with E-state index < -0.39 is 6.04 Å². The van der Waals surface area contributed by atoms with Crippen molar-refractivity contribution in [3.8, 4) is 5.75 Å². The van der Waals surface area contributed by atoms with Gasteiger partial charge in [-0.3, -0.25) is 9.59 Å². The Balaban J connectivity index is 0.00000192. The maximum atomic E-state index is 11.5. The lowest BCUT2D eigenvalue weighted by atomic mass is 10.0. The highest BCUT2D eigenvalue weighted by Crippen LogP contribution is 2.36.